The molecule has 0 spiro atoms. The van der Waals surface area contributed by atoms with Gasteiger partial charge in [-0.15, -0.1) is 11.3 Å². The number of nitrogens with zero attached hydrogens (tertiary/aromatic N) is 1. The highest BCUT2D eigenvalue weighted by Crippen LogP contribution is 2.24. The molecule has 1 aromatic heterocycles. The maximum absolute atomic E-state index is 12.7. The number of carbonyl (C=O) groups is 1. The monoisotopic (exact) mass is 339 g/mol. The van der Waals surface area contributed by atoms with Crippen molar-refractivity contribution in [3.8, 4) is 0 Å². The molecule has 118 valence electrons. The first-order valence-corrected chi connectivity index (χ1v) is 9.04. The van der Waals surface area contributed by atoms with Gasteiger partial charge in [0, 0.05) is 18.5 Å². The highest BCUT2D eigenvalue weighted by molar-refractivity contribution is 7.89. The van der Waals surface area contributed by atoms with Crippen LogP contribution in [0.25, 0.3) is 0 Å². The fourth-order valence-corrected chi connectivity index (χ4v) is 4.59. The largest absolute Gasteiger partial charge is 0.477 e. The summed E-state index contributed by atoms with van der Waals surface area (Å²) in [4.78, 5) is 11.0. The second-order valence-electron chi connectivity index (χ2n) is 4.81. The van der Waals surface area contributed by atoms with E-state index in [4.69, 9.17) is 5.11 Å². The van der Waals surface area contributed by atoms with Gasteiger partial charge in [0.2, 0.25) is 10.0 Å². The van der Waals surface area contributed by atoms with Crippen molar-refractivity contribution in [2.75, 3.05) is 6.54 Å². The van der Waals surface area contributed by atoms with Gasteiger partial charge in [-0.1, -0.05) is 31.2 Å². The van der Waals surface area contributed by atoms with E-state index in [1.807, 2.05) is 31.2 Å². The van der Waals surface area contributed by atoms with Crippen LogP contribution < -0.4 is 0 Å². The van der Waals surface area contributed by atoms with Gasteiger partial charge in [0.25, 0.3) is 0 Å². The Morgan fingerprint density at radius 2 is 2.00 bits per heavy atom. The van der Waals surface area contributed by atoms with Crippen molar-refractivity contribution in [3.63, 3.8) is 0 Å². The third-order valence-electron chi connectivity index (χ3n) is 3.38. The number of carboxylic acid groups (broad SMARTS) is 1. The number of sulfonamides is 1. The van der Waals surface area contributed by atoms with Crippen molar-refractivity contribution in [1.82, 2.24) is 4.31 Å². The zero-order valence-corrected chi connectivity index (χ0v) is 13.9. The van der Waals surface area contributed by atoms with Crippen LogP contribution in [-0.2, 0) is 16.6 Å². The summed E-state index contributed by atoms with van der Waals surface area (Å²) in [6.45, 7) is 4.28. The minimum atomic E-state index is -3.70. The van der Waals surface area contributed by atoms with E-state index in [0.717, 1.165) is 22.5 Å². The molecule has 0 aliphatic carbocycles. The van der Waals surface area contributed by atoms with E-state index in [9.17, 15) is 13.2 Å². The Hall–Kier alpha value is -1.70. The Morgan fingerprint density at radius 3 is 2.55 bits per heavy atom. The van der Waals surface area contributed by atoms with Gasteiger partial charge in [0.05, 0.1) is 4.90 Å². The predicted octanol–water partition coefficient (Wildman–Crippen LogP) is 2.97. The highest BCUT2D eigenvalue weighted by atomic mass is 32.2. The predicted molar refractivity (Wildman–Crippen MR) is 85.7 cm³/mol. The number of aromatic carboxylic acids is 1. The second kappa shape index (κ2) is 6.60. The molecule has 22 heavy (non-hydrogen) atoms. The molecule has 0 fully saturated rings. The Morgan fingerprint density at radius 1 is 1.32 bits per heavy atom. The summed E-state index contributed by atoms with van der Waals surface area (Å²) in [7, 11) is -3.70. The third kappa shape index (κ3) is 3.37. The summed E-state index contributed by atoms with van der Waals surface area (Å²) in [5.41, 5.74) is 1.95. The van der Waals surface area contributed by atoms with Gasteiger partial charge in [-0.25, -0.2) is 13.2 Å². The molecule has 0 bridgehead atoms. The van der Waals surface area contributed by atoms with Crippen molar-refractivity contribution < 1.29 is 18.3 Å². The molecule has 2 rings (SSSR count). The molecule has 0 atom stereocenters. The number of hydrogen-bond acceptors (Lipinski definition) is 4. The number of hydrogen-bond donors (Lipinski definition) is 1. The van der Waals surface area contributed by atoms with Gasteiger partial charge in [0.15, 0.2) is 0 Å². The minimum Gasteiger partial charge on any atom is -0.477 e. The molecule has 0 aliphatic heterocycles. The van der Waals surface area contributed by atoms with Gasteiger partial charge < -0.3 is 5.11 Å². The number of thiophene rings is 1. The quantitative estimate of drug-likeness (QED) is 0.878. The summed E-state index contributed by atoms with van der Waals surface area (Å²) >= 11 is 0.916. The lowest BCUT2D eigenvalue weighted by atomic mass is 10.1. The molecule has 0 aliphatic rings. The van der Waals surface area contributed by atoms with Crippen LogP contribution in [0.4, 0.5) is 0 Å². The van der Waals surface area contributed by atoms with Gasteiger partial charge >= 0.3 is 5.97 Å². The maximum Gasteiger partial charge on any atom is 0.345 e. The van der Waals surface area contributed by atoms with Gasteiger partial charge in [-0.05, 0) is 24.1 Å². The molecular weight excluding hydrogens is 322 g/mol. The number of rotatable bonds is 6. The lowest BCUT2D eigenvalue weighted by Crippen LogP contribution is -2.30. The number of benzene rings is 1. The fourth-order valence-electron chi connectivity index (χ4n) is 2.06. The minimum absolute atomic E-state index is 0.0190. The van der Waals surface area contributed by atoms with Crippen LogP contribution in [-0.4, -0.2) is 30.3 Å². The first kappa shape index (κ1) is 16.7. The lowest BCUT2D eigenvalue weighted by molar-refractivity contribution is 0.0702. The van der Waals surface area contributed by atoms with E-state index in [0.29, 0.717) is 6.54 Å². The van der Waals surface area contributed by atoms with Crippen molar-refractivity contribution in [3.05, 3.63) is 51.7 Å². The van der Waals surface area contributed by atoms with E-state index in [1.165, 1.54) is 15.8 Å². The fraction of sp³-hybridized carbons (Fsp3) is 0.267. The summed E-state index contributed by atoms with van der Waals surface area (Å²) in [5, 5.41) is 10.3. The average molecular weight is 339 g/mol. The molecule has 7 heteroatoms. The van der Waals surface area contributed by atoms with E-state index in [1.54, 1.807) is 6.92 Å². The molecule has 1 aromatic carbocycles. The molecule has 1 N–H and O–H groups in total. The van der Waals surface area contributed by atoms with Crippen LogP contribution in [0, 0.1) is 6.92 Å². The topological polar surface area (TPSA) is 74.7 Å². The van der Waals surface area contributed by atoms with Gasteiger partial charge in [-0.2, -0.15) is 4.31 Å². The van der Waals surface area contributed by atoms with E-state index >= 15 is 0 Å². The molecule has 2 aromatic rings. The zero-order valence-electron chi connectivity index (χ0n) is 12.3. The molecule has 1 heterocycles. The van der Waals surface area contributed by atoms with Crippen molar-refractivity contribution >= 4 is 27.3 Å². The molecule has 0 amide bonds. The first-order valence-electron chi connectivity index (χ1n) is 6.72. The molecule has 0 saturated heterocycles. The Balaban J connectivity index is 2.32. The standard InChI is InChI=1S/C15H17NO4S2/c1-3-16(9-12-7-5-4-6-11(12)2)22(19,20)13-8-14(15(17)18)21-10-13/h4-8,10H,3,9H2,1-2H3,(H,17,18). The van der Waals surface area contributed by atoms with Crippen LogP contribution >= 0.6 is 11.3 Å². The van der Waals surface area contributed by atoms with Crippen molar-refractivity contribution in [2.45, 2.75) is 25.3 Å². The van der Waals surface area contributed by atoms with Crippen molar-refractivity contribution in [2.24, 2.45) is 0 Å². The molecule has 0 unspecified atom stereocenters. The normalized spacial score (nSPS) is 11.8. The van der Waals surface area contributed by atoms with Crippen LogP contribution in [0.5, 0.6) is 0 Å². The Labute approximate surface area is 133 Å². The van der Waals surface area contributed by atoms with E-state index in [2.05, 4.69) is 0 Å². The summed E-state index contributed by atoms with van der Waals surface area (Å²) in [6, 6.07) is 8.81. The smallest absolute Gasteiger partial charge is 0.345 e. The molecular formula is C15H17NO4S2. The second-order valence-corrected chi connectivity index (χ2v) is 7.66. The number of carboxylic acids is 1. The third-order valence-corrected chi connectivity index (χ3v) is 6.35. The van der Waals surface area contributed by atoms with Crippen LogP contribution in [0.15, 0.2) is 40.6 Å². The van der Waals surface area contributed by atoms with E-state index in [-0.39, 0.29) is 16.3 Å². The Kier molecular flexibility index (Phi) is 5.00. The van der Waals surface area contributed by atoms with Crippen LogP contribution in [0.1, 0.15) is 27.7 Å². The lowest BCUT2D eigenvalue weighted by Gasteiger charge is -2.20. The maximum atomic E-state index is 12.7. The zero-order chi connectivity index (χ0) is 16.3. The van der Waals surface area contributed by atoms with Gasteiger partial charge in [-0.3, -0.25) is 0 Å². The Bertz CT molecular complexity index is 780. The molecule has 0 radical (unpaired) electrons. The van der Waals surface area contributed by atoms with E-state index < -0.39 is 16.0 Å². The van der Waals surface area contributed by atoms with Crippen molar-refractivity contribution in [1.29, 1.82) is 0 Å². The van der Waals surface area contributed by atoms with Crippen LogP contribution in [0.2, 0.25) is 0 Å². The highest BCUT2D eigenvalue weighted by Gasteiger charge is 2.25. The summed E-state index contributed by atoms with van der Waals surface area (Å²) in [5.74, 6) is -1.12. The summed E-state index contributed by atoms with van der Waals surface area (Å²) in [6.07, 6.45) is 0. The first-order chi connectivity index (χ1) is 10.4. The average Bonchev–Trinajstić information content (AvgIpc) is 2.97. The molecule has 5 nitrogen and oxygen atoms in total. The SMILES string of the molecule is CCN(Cc1ccccc1C)S(=O)(=O)c1csc(C(=O)O)c1. The van der Waals surface area contributed by atoms with Crippen LogP contribution in [0.3, 0.4) is 0 Å². The molecule has 0 saturated carbocycles. The number of aryl methyl sites for hydroxylation is 1. The van der Waals surface area contributed by atoms with Gasteiger partial charge in [0.1, 0.15) is 4.88 Å². The summed E-state index contributed by atoms with van der Waals surface area (Å²) < 4.78 is 26.7.